The number of H-pyrrole nitrogens is 1. The van der Waals surface area contributed by atoms with Gasteiger partial charge in [-0.1, -0.05) is 24.3 Å². The van der Waals surface area contributed by atoms with Crippen LogP contribution < -0.4 is 11.3 Å². The van der Waals surface area contributed by atoms with Crippen molar-refractivity contribution in [3.8, 4) is 11.4 Å². The van der Waals surface area contributed by atoms with Gasteiger partial charge in [0.2, 0.25) is 0 Å². The Labute approximate surface area is 148 Å². The molecule has 0 saturated carbocycles. The molecular weight excluding hydrogens is 333 g/mol. The summed E-state index contributed by atoms with van der Waals surface area (Å²) in [4.78, 5) is 19.7. The highest BCUT2D eigenvalue weighted by molar-refractivity contribution is 5.81. The Kier molecular flexibility index (Phi) is 3.76. The summed E-state index contributed by atoms with van der Waals surface area (Å²) in [7, 11) is 1.73. The van der Waals surface area contributed by atoms with Crippen LogP contribution in [0.4, 0.5) is 10.2 Å². The fourth-order valence-electron chi connectivity index (χ4n) is 2.98. The lowest BCUT2D eigenvalue weighted by Gasteiger charge is -2.05. The van der Waals surface area contributed by atoms with Gasteiger partial charge in [-0.3, -0.25) is 9.48 Å². The van der Waals surface area contributed by atoms with Crippen molar-refractivity contribution in [2.24, 2.45) is 7.05 Å². The molecule has 0 fully saturated rings. The average Bonchev–Trinajstić information content (AvgIpc) is 2.91. The molecule has 26 heavy (non-hydrogen) atoms. The van der Waals surface area contributed by atoms with Crippen LogP contribution in [0.25, 0.3) is 22.3 Å². The number of rotatable bonds is 3. The normalized spacial score (nSPS) is 11.2. The molecule has 4 aromatic rings. The topological polar surface area (TPSA) is 89.6 Å². The van der Waals surface area contributed by atoms with Crippen molar-refractivity contribution in [3.63, 3.8) is 0 Å². The molecule has 0 amide bonds. The number of halogens is 1. The molecule has 2 aromatic carbocycles. The molecule has 0 saturated heterocycles. The predicted molar refractivity (Wildman–Crippen MR) is 98.2 cm³/mol. The molecular formula is C19H16FN5O. The summed E-state index contributed by atoms with van der Waals surface area (Å²) in [5.41, 5.74) is 8.66. The number of nitrogen functional groups attached to an aromatic ring is 1. The van der Waals surface area contributed by atoms with Crippen molar-refractivity contribution in [2.45, 2.75) is 6.42 Å². The van der Waals surface area contributed by atoms with Crippen LogP contribution in [0.15, 0.2) is 53.3 Å². The Bertz CT molecular complexity index is 1160. The van der Waals surface area contributed by atoms with Crippen LogP contribution in [0.3, 0.4) is 0 Å². The van der Waals surface area contributed by atoms with E-state index in [4.69, 9.17) is 5.73 Å². The van der Waals surface area contributed by atoms with Crippen molar-refractivity contribution in [2.75, 3.05) is 5.73 Å². The van der Waals surface area contributed by atoms with Gasteiger partial charge >= 0.3 is 0 Å². The SMILES string of the molecule is Cn1nc(Cc2ccc(F)cc2)c(-c2nc3ccccc3c(=O)[nH]2)c1N. The zero-order valence-electron chi connectivity index (χ0n) is 14.0. The number of aromatic amines is 1. The molecule has 0 aliphatic heterocycles. The lowest BCUT2D eigenvalue weighted by Crippen LogP contribution is -2.10. The van der Waals surface area contributed by atoms with E-state index in [-0.39, 0.29) is 11.4 Å². The summed E-state index contributed by atoms with van der Waals surface area (Å²) in [5, 5.41) is 4.96. The van der Waals surface area contributed by atoms with E-state index in [0.717, 1.165) is 5.56 Å². The summed E-state index contributed by atoms with van der Waals surface area (Å²) in [6.45, 7) is 0. The van der Waals surface area contributed by atoms with E-state index in [1.54, 1.807) is 42.1 Å². The van der Waals surface area contributed by atoms with Crippen LogP contribution in [0.1, 0.15) is 11.3 Å². The minimum absolute atomic E-state index is 0.235. The standard InChI is InChI=1S/C19H16FN5O/c1-25-17(21)16(15(24-25)10-11-6-8-12(20)9-7-11)18-22-14-5-3-2-4-13(14)19(26)23-18/h2-9H,10,21H2,1H3,(H,22,23,26). The van der Waals surface area contributed by atoms with Gasteiger partial charge in [0.15, 0.2) is 0 Å². The number of nitrogens with one attached hydrogen (secondary N) is 1. The Morgan fingerprint density at radius 1 is 1.15 bits per heavy atom. The van der Waals surface area contributed by atoms with E-state index < -0.39 is 0 Å². The number of aryl methyl sites for hydroxylation is 1. The molecule has 0 bridgehead atoms. The summed E-state index contributed by atoms with van der Waals surface area (Å²) in [6, 6.07) is 13.3. The zero-order valence-corrected chi connectivity index (χ0v) is 14.0. The van der Waals surface area contributed by atoms with Crippen LogP contribution in [0.2, 0.25) is 0 Å². The molecule has 0 aliphatic carbocycles. The maximum atomic E-state index is 13.1. The van der Waals surface area contributed by atoms with Crippen molar-refractivity contribution < 1.29 is 4.39 Å². The van der Waals surface area contributed by atoms with Gasteiger partial charge in [0, 0.05) is 13.5 Å². The first-order chi connectivity index (χ1) is 12.5. The van der Waals surface area contributed by atoms with Gasteiger partial charge in [-0.15, -0.1) is 0 Å². The third-order valence-electron chi connectivity index (χ3n) is 4.30. The molecule has 3 N–H and O–H groups in total. The van der Waals surface area contributed by atoms with Crippen molar-refractivity contribution >= 4 is 16.7 Å². The van der Waals surface area contributed by atoms with Crippen LogP contribution in [-0.4, -0.2) is 19.7 Å². The van der Waals surface area contributed by atoms with Gasteiger partial charge in [0.25, 0.3) is 5.56 Å². The monoisotopic (exact) mass is 349 g/mol. The largest absolute Gasteiger partial charge is 0.383 e. The van der Waals surface area contributed by atoms with Gasteiger partial charge in [0.05, 0.1) is 22.2 Å². The smallest absolute Gasteiger partial charge is 0.259 e. The molecule has 7 heteroatoms. The highest BCUT2D eigenvalue weighted by Crippen LogP contribution is 2.28. The second-order valence-corrected chi connectivity index (χ2v) is 6.07. The second-order valence-electron chi connectivity index (χ2n) is 6.07. The van der Waals surface area contributed by atoms with Crippen molar-refractivity contribution in [3.05, 3.63) is 76.0 Å². The third kappa shape index (κ3) is 2.73. The maximum absolute atomic E-state index is 13.1. The van der Waals surface area contributed by atoms with Crippen LogP contribution in [-0.2, 0) is 13.5 Å². The number of hydrogen-bond donors (Lipinski definition) is 2. The zero-order chi connectivity index (χ0) is 18.3. The van der Waals surface area contributed by atoms with Crippen LogP contribution in [0.5, 0.6) is 0 Å². The van der Waals surface area contributed by atoms with Crippen molar-refractivity contribution in [1.29, 1.82) is 0 Å². The molecule has 0 atom stereocenters. The Morgan fingerprint density at radius 2 is 1.88 bits per heavy atom. The van der Waals surface area contributed by atoms with E-state index >= 15 is 0 Å². The molecule has 4 rings (SSSR count). The molecule has 2 heterocycles. The van der Waals surface area contributed by atoms with E-state index in [2.05, 4.69) is 15.1 Å². The number of anilines is 1. The number of fused-ring (bicyclic) bond motifs is 1. The van der Waals surface area contributed by atoms with E-state index in [1.165, 1.54) is 12.1 Å². The minimum Gasteiger partial charge on any atom is -0.383 e. The molecule has 0 radical (unpaired) electrons. The number of nitrogens with zero attached hydrogens (tertiary/aromatic N) is 3. The Morgan fingerprint density at radius 3 is 2.65 bits per heavy atom. The molecule has 6 nitrogen and oxygen atoms in total. The van der Waals surface area contributed by atoms with E-state index in [1.807, 2.05) is 6.07 Å². The fourth-order valence-corrected chi connectivity index (χ4v) is 2.98. The van der Waals surface area contributed by atoms with Gasteiger partial charge in [-0.2, -0.15) is 5.10 Å². The summed E-state index contributed by atoms with van der Waals surface area (Å²) in [5.74, 6) is 0.479. The third-order valence-corrected chi connectivity index (χ3v) is 4.30. The Balaban J connectivity index is 1.86. The fraction of sp³-hybridized carbons (Fsp3) is 0.105. The van der Waals surface area contributed by atoms with Gasteiger partial charge in [0.1, 0.15) is 17.5 Å². The minimum atomic E-state index is -0.296. The molecule has 0 unspecified atom stereocenters. The van der Waals surface area contributed by atoms with E-state index in [9.17, 15) is 9.18 Å². The summed E-state index contributed by atoms with van der Waals surface area (Å²) < 4.78 is 14.7. The van der Waals surface area contributed by atoms with Gasteiger partial charge in [-0.05, 0) is 29.8 Å². The average molecular weight is 349 g/mol. The number of hydrogen-bond acceptors (Lipinski definition) is 4. The lowest BCUT2D eigenvalue weighted by molar-refractivity contribution is 0.627. The number of nitrogens with two attached hydrogens (primary N) is 1. The first-order valence-corrected chi connectivity index (χ1v) is 8.08. The van der Waals surface area contributed by atoms with E-state index in [0.29, 0.717) is 40.2 Å². The van der Waals surface area contributed by atoms with Crippen molar-refractivity contribution in [1.82, 2.24) is 19.7 Å². The molecule has 130 valence electrons. The maximum Gasteiger partial charge on any atom is 0.259 e. The molecule has 2 aromatic heterocycles. The number of aromatic nitrogens is 4. The molecule has 0 spiro atoms. The first-order valence-electron chi connectivity index (χ1n) is 8.08. The first kappa shape index (κ1) is 16.0. The van der Waals surface area contributed by atoms with Gasteiger partial charge in [-0.25, -0.2) is 9.37 Å². The number of para-hydroxylation sites is 1. The highest BCUT2D eigenvalue weighted by Gasteiger charge is 2.19. The molecule has 0 aliphatic rings. The number of benzene rings is 2. The van der Waals surface area contributed by atoms with Crippen LogP contribution in [0, 0.1) is 5.82 Å². The predicted octanol–water partition coefficient (Wildman–Crippen LogP) is 2.64. The summed E-state index contributed by atoms with van der Waals surface area (Å²) in [6.07, 6.45) is 0.442. The second kappa shape index (κ2) is 6.11. The quantitative estimate of drug-likeness (QED) is 0.595. The summed E-state index contributed by atoms with van der Waals surface area (Å²) >= 11 is 0. The Hall–Kier alpha value is -3.48. The van der Waals surface area contributed by atoms with Gasteiger partial charge < -0.3 is 10.7 Å². The van der Waals surface area contributed by atoms with Crippen LogP contribution >= 0.6 is 0 Å². The highest BCUT2D eigenvalue weighted by atomic mass is 19.1. The lowest BCUT2D eigenvalue weighted by atomic mass is 10.1.